The Balaban J connectivity index is 2.92. The van der Waals surface area contributed by atoms with E-state index >= 15 is 0 Å². The second kappa shape index (κ2) is 6.72. The Morgan fingerprint density at radius 2 is 1.90 bits per heavy atom. The van der Waals surface area contributed by atoms with E-state index in [0.29, 0.717) is 6.04 Å². The van der Waals surface area contributed by atoms with Crippen molar-refractivity contribution >= 4 is 0 Å². The van der Waals surface area contributed by atoms with Crippen molar-refractivity contribution in [3.05, 3.63) is 17.0 Å². The van der Waals surface area contributed by atoms with Crippen molar-refractivity contribution in [1.29, 1.82) is 0 Å². The summed E-state index contributed by atoms with van der Waals surface area (Å²) in [7, 11) is 0. The van der Waals surface area contributed by atoms with Gasteiger partial charge in [-0.3, -0.25) is 4.68 Å². The van der Waals surface area contributed by atoms with Crippen LogP contribution in [0.15, 0.2) is 0 Å². The topological polar surface area (TPSA) is 50.1 Å². The number of hydrogen-bond donors (Lipinski definition) is 2. The van der Waals surface area contributed by atoms with Crippen molar-refractivity contribution in [1.82, 2.24) is 15.1 Å². The summed E-state index contributed by atoms with van der Waals surface area (Å²) in [5.74, 6) is 0. The second-order valence-corrected chi connectivity index (χ2v) is 6.52. The Morgan fingerprint density at radius 1 is 1.30 bits per heavy atom. The molecule has 1 rings (SSSR count). The predicted molar refractivity (Wildman–Crippen MR) is 84.2 cm³/mol. The van der Waals surface area contributed by atoms with Gasteiger partial charge in [0.1, 0.15) is 0 Å². The van der Waals surface area contributed by atoms with Crippen molar-refractivity contribution in [3.8, 4) is 0 Å². The molecule has 0 aliphatic carbocycles. The van der Waals surface area contributed by atoms with Crippen molar-refractivity contribution in [3.63, 3.8) is 0 Å². The lowest BCUT2D eigenvalue weighted by atomic mass is 9.93. The molecule has 0 fully saturated rings. The molecule has 0 bridgehead atoms. The van der Waals surface area contributed by atoms with E-state index in [4.69, 9.17) is 0 Å². The molecule has 2 unspecified atom stereocenters. The minimum absolute atomic E-state index is 0.134. The minimum Gasteiger partial charge on any atom is -0.394 e. The number of rotatable bonds is 7. The molecule has 0 aliphatic rings. The number of hydrogen-bond acceptors (Lipinski definition) is 3. The largest absolute Gasteiger partial charge is 0.394 e. The Bertz CT molecular complexity index is 439. The fraction of sp³-hybridized carbons (Fsp3) is 0.812. The first kappa shape index (κ1) is 17.2. The van der Waals surface area contributed by atoms with E-state index < -0.39 is 0 Å². The number of aryl methyl sites for hydroxylation is 1. The van der Waals surface area contributed by atoms with Crippen molar-refractivity contribution in [2.45, 2.75) is 78.9 Å². The number of nitrogens with one attached hydrogen (secondary N) is 1. The zero-order valence-corrected chi connectivity index (χ0v) is 14.1. The molecule has 0 saturated carbocycles. The van der Waals surface area contributed by atoms with Gasteiger partial charge in [-0.15, -0.1) is 0 Å². The van der Waals surface area contributed by atoms with Gasteiger partial charge in [0.2, 0.25) is 0 Å². The van der Waals surface area contributed by atoms with Gasteiger partial charge in [-0.25, -0.2) is 0 Å². The molecule has 2 N–H and O–H groups in total. The lowest BCUT2D eigenvalue weighted by molar-refractivity contribution is 0.140. The SMILES string of the molecule is CCc1c(C)nn(C(C)CC(C)(CO)NC(C)C)c1C. The van der Waals surface area contributed by atoms with Gasteiger partial charge in [-0.05, 0) is 46.1 Å². The zero-order chi connectivity index (χ0) is 15.5. The molecule has 0 spiro atoms. The molecule has 0 radical (unpaired) electrons. The van der Waals surface area contributed by atoms with Crippen LogP contribution in [0.25, 0.3) is 0 Å². The molecular weight excluding hydrogens is 250 g/mol. The van der Waals surface area contributed by atoms with Gasteiger partial charge in [0, 0.05) is 17.3 Å². The molecule has 0 saturated heterocycles. The summed E-state index contributed by atoms with van der Waals surface area (Å²) in [6.45, 7) is 15.0. The molecule has 0 aromatic carbocycles. The predicted octanol–water partition coefficient (Wildman–Crippen LogP) is 2.76. The monoisotopic (exact) mass is 281 g/mol. The van der Waals surface area contributed by atoms with E-state index in [9.17, 15) is 5.11 Å². The van der Waals surface area contributed by atoms with E-state index in [1.165, 1.54) is 11.3 Å². The highest BCUT2D eigenvalue weighted by Gasteiger charge is 2.28. The highest BCUT2D eigenvalue weighted by molar-refractivity contribution is 5.24. The van der Waals surface area contributed by atoms with Crippen molar-refractivity contribution < 1.29 is 5.11 Å². The Hall–Kier alpha value is -0.870. The third-order valence-electron chi connectivity index (χ3n) is 3.98. The van der Waals surface area contributed by atoms with E-state index in [-0.39, 0.29) is 18.2 Å². The lowest BCUT2D eigenvalue weighted by Crippen LogP contribution is -2.50. The van der Waals surface area contributed by atoms with Crippen LogP contribution in [-0.2, 0) is 6.42 Å². The molecule has 4 heteroatoms. The highest BCUT2D eigenvalue weighted by atomic mass is 16.3. The van der Waals surface area contributed by atoms with E-state index in [0.717, 1.165) is 18.5 Å². The fourth-order valence-electron chi connectivity index (χ4n) is 3.24. The Morgan fingerprint density at radius 3 is 2.30 bits per heavy atom. The highest BCUT2D eigenvalue weighted by Crippen LogP contribution is 2.25. The number of aromatic nitrogens is 2. The molecule has 0 amide bonds. The van der Waals surface area contributed by atoms with Crippen LogP contribution >= 0.6 is 0 Å². The molecule has 4 nitrogen and oxygen atoms in total. The molecule has 1 aromatic rings. The number of nitrogens with zero attached hydrogens (tertiary/aromatic N) is 2. The molecule has 1 heterocycles. The van der Waals surface area contributed by atoms with Crippen LogP contribution in [0.3, 0.4) is 0 Å². The smallest absolute Gasteiger partial charge is 0.0628 e. The first-order chi connectivity index (χ1) is 9.24. The van der Waals surface area contributed by atoms with Crippen LogP contribution in [0, 0.1) is 13.8 Å². The summed E-state index contributed by atoms with van der Waals surface area (Å²) >= 11 is 0. The Labute approximate surface area is 123 Å². The summed E-state index contributed by atoms with van der Waals surface area (Å²) in [4.78, 5) is 0. The van der Waals surface area contributed by atoms with Crippen LogP contribution in [-0.4, -0.2) is 33.1 Å². The maximum absolute atomic E-state index is 9.71. The third kappa shape index (κ3) is 3.83. The molecular formula is C16H31N3O. The first-order valence-electron chi connectivity index (χ1n) is 7.67. The van der Waals surface area contributed by atoms with Crippen molar-refractivity contribution in [2.75, 3.05) is 6.61 Å². The normalized spacial score (nSPS) is 16.4. The second-order valence-electron chi connectivity index (χ2n) is 6.52. The summed E-state index contributed by atoms with van der Waals surface area (Å²) in [6.07, 6.45) is 1.87. The third-order valence-corrected chi connectivity index (χ3v) is 3.98. The van der Waals surface area contributed by atoms with Gasteiger partial charge < -0.3 is 10.4 Å². The van der Waals surface area contributed by atoms with E-state index in [1.807, 2.05) is 0 Å². The Kier molecular flexibility index (Phi) is 5.78. The summed E-state index contributed by atoms with van der Waals surface area (Å²) in [6, 6.07) is 0.614. The van der Waals surface area contributed by atoms with Gasteiger partial charge in [0.05, 0.1) is 18.3 Å². The molecule has 116 valence electrons. The van der Waals surface area contributed by atoms with Gasteiger partial charge in [-0.2, -0.15) is 5.10 Å². The summed E-state index contributed by atoms with van der Waals surface area (Å²) < 4.78 is 2.12. The van der Waals surface area contributed by atoms with E-state index in [1.54, 1.807) is 0 Å². The van der Waals surface area contributed by atoms with Crippen LogP contribution in [0.4, 0.5) is 0 Å². The number of aliphatic hydroxyl groups is 1. The van der Waals surface area contributed by atoms with Crippen LogP contribution in [0.2, 0.25) is 0 Å². The standard InChI is InChI=1S/C16H31N3O/c1-8-15-13(5)18-19(14(15)6)12(4)9-16(7,10-20)17-11(2)3/h11-12,17,20H,8-10H2,1-7H3. The summed E-state index contributed by atoms with van der Waals surface area (Å²) in [5.41, 5.74) is 3.45. The van der Waals surface area contributed by atoms with Gasteiger partial charge in [0.15, 0.2) is 0 Å². The van der Waals surface area contributed by atoms with Crippen LogP contribution in [0.5, 0.6) is 0 Å². The number of aliphatic hydroxyl groups excluding tert-OH is 1. The van der Waals surface area contributed by atoms with Crippen LogP contribution in [0.1, 0.15) is 64.0 Å². The van der Waals surface area contributed by atoms with E-state index in [2.05, 4.69) is 63.6 Å². The fourth-order valence-corrected chi connectivity index (χ4v) is 3.24. The quantitative estimate of drug-likeness (QED) is 0.808. The molecule has 1 aromatic heterocycles. The maximum Gasteiger partial charge on any atom is 0.0628 e. The first-order valence-corrected chi connectivity index (χ1v) is 7.67. The average molecular weight is 281 g/mol. The van der Waals surface area contributed by atoms with Crippen LogP contribution < -0.4 is 5.32 Å². The minimum atomic E-state index is -0.272. The van der Waals surface area contributed by atoms with Gasteiger partial charge in [-0.1, -0.05) is 20.8 Å². The zero-order valence-electron chi connectivity index (χ0n) is 14.1. The summed E-state index contributed by atoms with van der Waals surface area (Å²) in [5, 5.41) is 17.9. The van der Waals surface area contributed by atoms with Gasteiger partial charge >= 0.3 is 0 Å². The van der Waals surface area contributed by atoms with Crippen molar-refractivity contribution in [2.24, 2.45) is 0 Å². The molecule has 0 aliphatic heterocycles. The molecule has 2 atom stereocenters. The lowest BCUT2D eigenvalue weighted by Gasteiger charge is -2.34. The maximum atomic E-state index is 9.71. The molecule has 20 heavy (non-hydrogen) atoms. The average Bonchev–Trinajstić information content (AvgIpc) is 2.63. The van der Waals surface area contributed by atoms with Gasteiger partial charge in [0.25, 0.3) is 0 Å².